The van der Waals surface area contributed by atoms with Gasteiger partial charge >= 0.3 is 0 Å². The second-order valence-corrected chi connectivity index (χ2v) is 4.23. The fourth-order valence-electron chi connectivity index (χ4n) is 1.28. The molecule has 82 valence electrons. The van der Waals surface area contributed by atoms with Gasteiger partial charge in [-0.05, 0) is 30.3 Å². The molecule has 1 heterocycles. The van der Waals surface area contributed by atoms with Gasteiger partial charge in [-0.15, -0.1) is 0 Å². The Balaban J connectivity index is 1.99. The first kappa shape index (κ1) is 11.0. The Morgan fingerprint density at radius 3 is 2.62 bits per heavy atom. The van der Waals surface area contributed by atoms with E-state index in [9.17, 15) is 5.21 Å². The van der Waals surface area contributed by atoms with E-state index in [0.717, 1.165) is 20.5 Å². The van der Waals surface area contributed by atoms with Crippen molar-refractivity contribution < 1.29 is 9.47 Å². The minimum atomic E-state index is 0.394. The average molecular weight is 280 g/mol. The monoisotopic (exact) mass is 279 g/mol. The van der Waals surface area contributed by atoms with Crippen LogP contribution in [0.4, 0.5) is 0 Å². The smallest absolute Gasteiger partial charge is 0.186 e. The normalized spacial score (nSPS) is 10.1. The van der Waals surface area contributed by atoms with Gasteiger partial charge in [0.05, 0.1) is 5.56 Å². The molecule has 3 nitrogen and oxygen atoms in total. The fourth-order valence-corrected chi connectivity index (χ4v) is 1.55. The van der Waals surface area contributed by atoms with Crippen LogP contribution in [0.3, 0.4) is 0 Å². The van der Waals surface area contributed by atoms with Crippen molar-refractivity contribution in [3.05, 3.63) is 64.0 Å². The van der Waals surface area contributed by atoms with Crippen molar-refractivity contribution in [3.8, 4) is 5.75 Å². The first-order chi connectivity index (χ1) is 7.74. The number of benzene rings is 1. The Morgan fingerprint density at radius 1 is 1.19 bits per heavy atom. The van der Waals surface area contributed by atoms with E-state index in [4.69, 9.17) is 4.74 Å². The molecule has 0 aliphatic rings. The van der Waals surface area contributed by atoms with E-state index in [0.29, 0.717) is 6.61 Å². The van der Waals surface area contributed by atoms with Crippen molar-refractivity contribution in [2.45, 2.75) is 6.61 Å². The third kappa shape index (κ3) is 2.97. The van der Waals surface area contributed by atoms with E-state index in [1.54, 1.807) is 6.07 Å². The van der Waals surface area contributed by atoms with E-state index in [2.05, 4.69) is 15.9 Å². The van der Waals surface area contributed by atoms with Crippen LogP contribution >= 0.6 is 15.9 Å². The lowest BCUT2D eigenvalue weighted by Crippen LogP contribution is -2.25. The Labute approximate surface area is 102 Å². The molecular weight excluding hydrogens is 270 g/mol. The highest BCUT2D eigenvalue weighted by atomic mass is 79.9. The van der Waals surface area contributed by atoms with Crippen LogP contribution in [0.2, 0.25) is 0 Å². The molecule has 0 saturated heterocycles. The maximum absolute atomic E-state index is 11.0. The molecule has 2 rings (SSSR count). The largest absolute Gasteiger partial charge is 0.619 e. The van der Waals surface area contributed by atoms with Crippen LogP contribution in [0.25, 0.3) is 0 Å². The standard InChI is InChI=1S/C12H10BrNO2/c13-11-3-5-12(6-4-11)16-9-10-2-1-7-14(15)8-10/h1-8H,9H2. The van der Waals surface area contributed by atoms with Gasteiger partial charge in [0.2, 0.25) is 0 Å². The first-order valence-electron chi connectivity index (χ1n) is 4.80. The molecule has 0 aliphatic carbocycles. The highest BCUT2D eigenvalue weighted by Gasteiger charge is 1.99. The van der Waals surface area contributed by atoms with E-state index >= 15 is 0 Å². The van der Waals surface area contributed by atoms with Gasteiger partial charge in [-0.3, -0.25) is 0 Å². The number of rotatable bonds is 3. The van der Waals surface area contributed by atoms with Gasteiger partial charge in [0, 0.05) is 10.5 Å². The molecule has 0 saturated carbocycles. The third-order valence-corrected chi connectivity index (χ3v) is 2.58. The van der Waals surface area contributed by atoms with Gasteiger partial charge < -0.3 is 9.94 Å². The van der Waals surface area contributed by atoms with Crippen LogP contribution in [0.1, 0.15) is 5.56 Å². The zero-order valence-corrected chi connectivity index (χ0v) is 10.1. The van der Waals surface area contributed by atoms with Gasteiger partial charge in [0.15, 0.2) is 12.4 Å². The summed E-state index contributed by atoms with van der Waals surface area (Å²) in [5.74, 6) is 0.782. The summed E-state index contributed by atoms with van der Waals surface area (Å²) in [7, 11) is 0. The van der Waals surface area contributed by atoms with Gasteiger partial charge in [-0.25, -0.2) is 0 Å². The zero-order chi connectivity index (χ0) is 11.4. The molecule has 16 heavy (non-hydrogen) atoms. The molecule has 2 aromatic rings. The number of halogens is 1. The van der Waals surface area contributed by atoms with Gasteiger partial charge in [0.1, 0.15) is 12.4 Å². The van der Waals surface area contributed by atoms with Crippen molar-refractivity contribution >= 4 is 15.9 Å². The Bertz CT molecular complexity index is 471. The van der Waals surface area contributed by atoms with Crippen molar-refractivity contribution in [1.29, 1.82) is 0 Å². The molecule has 0 unspecified atom stereocenters. The van der Waals surface area contributed by atoms with Crippen LogP contribution in [0.5, 0.6) is 5.75 Å². The van der Waals surface area contributed by atoms with E-state index in [-0.39, 0.29) is 0 Å². The lowest BCUT2D eigenvalue weighted by Gasteiger charge is -2.05. The molecule has 0 spiro atoms. The summed E-state index contributed by atoms with van der Waals surface area (Å²) >= 11 is 3.35. The molecule has 0 N–H and O–H groups in total. The molecule has 1 aromatic carbocycles. The van der Waals surface area contributed by atoms with Crippen LogP contribution < -0.4 is 9.47 Å². The fraction of sp³-hybridized carbons (Fsp3) is 0.0833. The van der Waals surface area contributed by atoms with Crippen molar-refractivity contribution in [2.24, 2.45) is 0 Å². The minimum Gasteiger partial charge on any atom is -0.619 e. The summed E-state index contributed by atoms with van der Waals surface area (Å²) in [6.45, 7) is 0.394. The summed E-state index contributed by atoms with van der Waals surface area (Å²) < 4.78 is 7.30. The maximum atomic E-state index is 11.0. The molecule has 0 bridgehead atoms. The number of hydrogen-bond acceptors (Lipinski definition) is 2. The zero-order valence-electron chi connectivity index (χ0n) is 8.47. The predicted molar refractivity (Wildman–Crippen MR) is 63.9 cm³/mol. The second kappa shape index (κ2) is 4.99. The SMILES string of the molecule is [O-][n+]1cccc(COc2ccc(Br)cc2)c1. The van der Waals surface area contributed by atoms with Crippen LogP contribution in [-0.2, 0) is 6.61 Å². The lowest BCUT2D eigenvalue weighted by atomic mass is 10.3. The number of aromatic nitrogens is 1. The number of hydrogen-bond donors (Lipinski definition) is 0. The summed E-state index contributed by atoms with van der Waals surface area (Å²) in [5, 5.41) is 11.0. The maximum Gasteiger partial charge on any atom is 0.186 e. The summed E-state index contributed by atoms with van der Waals surface area (Å²) in [5.41, 5.74) is 0.848. The lowest BCUT2D eigenvalue weighted by molar-refractivity contribution is -0.606. The molecular formula is C12H10BrNO2. The molecule has 0 aliphatic heterocycles. The number of pyridine rings is 1. The summed E-state index contributed by atoms with van der Waals surface area (Å²) in [4.78, 5) is 0. The van der Waals surface area contributed by atoms with Gasteiger partial charge in [-0.1, -0.05) is 15.9 Å². The van der Waals surface area contributed by atoms with E-state index in [1.165, 1.54) is 12.4 Å². The second-order valence-electron chi connectivity index (χ2n) is 3.31. The molecule has 0 atom stereocenters. The van der Waals surface area contributed by atoms with Crippen molar-refractivity contribution in [1.82, 2.24) is 0 Å². The molecule has 1 aromatic heterocycles. The summed E-state index contributed by atoms with van der Waals surface area (Å²) in [6.07, 6.45) is 2.95. The molecule has 0 amide bonds. The number of ether oxygens (including phenoxy) is 1. The molecule has 0 fully saturated rings. The van der Waals surface area contributed by atoms with Gasteiger partial charge in [-0.2, -0.15) is 4.73 Å². The summed E-state index contributed by atoms with van der Waals surface area (Å²) in [6, 6.07) is 11.1. The van der Waals surface area contributed by atoms with E-state index in [1.807, 2.05) is 30.3 Å². The molecule has 0 radical (unpaired) electrons. The highest BCUT2D eigenvalue weighted by Crippen LogP contribution is 2.16. The van der Waals surface area contributed by atoms with Crippen LogP contribution in [-0.4, -0.2) is 0 Å². The predicted octanol–water partition coefficient (Wildman–Crippen LogP) is 2.66. The quantitative estimate of drug-likeness (QED) is 0.640. The average Bonchev–Trinajstić information content (AvgIpc) is 2.28. The Hall–Kier alpha value is -1.55. The molecule has 4 heteroatoms. The Kier molecular flexibility index (Phi) is 3.41. The first-order valence-corrected chi connectivity index (χ1v) is 5.59. The van der Waals surface area contributed by atoms with Crippen molar-refractivity contribution in [3.63, 3.8) is 0 Å². The van der Waals surface area contributed by atoms with Crippen molar-refractivity contribution in [2.75, 3.05) is 0 Å². The minimum absolute atomic E-state index is 0.394. The number of nitrogens with zero attached hydrogens (tertiary/aromatic N) is 1. The van der Waals surface area contributed by atoms with Crippen LogP contribution in [0, 0.1) is 5.21 Å². The third-order valence-electron chi connectivity index (χ3n) is 2.06. The van der Waals surface area contributed by atoms with Crippen LogP contribution in [0.15, 0.2) is 53.3 Å². The van der Waals surface area contributed by atoms with E-state index < -0.39 is 0 Å². The Morgan fingerprint density at radius 2 is 1.94 bits per heavy atom. The topological polar surface area (TPSA) is 36.2 Å². The highest BCUT2D eigenvalue weighted by molar-refractivity contribution is 9.10. The van der Waals surface area contributed by atoms with Gasteiger partial charge in [0.25, 0.3) is 0 Å².